The molecule has 0 radical (unpaired) electrons. The molecule has 1 aromatic rings. The number of H-pyrrole nitrogens is 1. The van der Waals surface area contributed by atoms with Crippen molar-refractivity contribution in [2.24, 2.45) is 5.92 Å². The van der Waals surface area contributed by atoms with Crippen molar-refractivity contribution in [2.45, 2.75) is 44.7 Å². The highest BCUT2D eigenvalue weighted by Gasteiger charge is 2.32. The van der Waals surface area contributed by atoms with Crippen molar-refractivity contribution < 1.29 is 8.42 Å². The van der Waals surface area contributed by atoms with E-state index in [2.05, 4.69) is 22.4 Å². The number of hydrogen-bond donors (Lipinski definition) is 2. The zero-order chi connectivity index (χ0) is 14.6. The summed E-state index contributed by atoms with van der Waals surface area (Å²) in [5, 5.41) is 10.0. The third-order valence-corrected chi connectivity index (χ3v) is 5.49. The minimum absolute atomic E-state index is 0.239. The minimum Gasteiger partial charge on any atom is -0.313 e. The Kier molecular flexibility index (Phi) is 5.17. The molecule has 1 aromatic heterocycles. The van der Waals surface area contributed by atoms with E-state index in [0.717, 1.165) is 25.8 Å². The molecule has 2 rings (SSSR count). The first-order valence-corrected chi connectivity index (χ1v) is 8.76. The Morgan fingerprint density at radius 3 is 2.80 bits per heavy atom. The molecule has 1 heterocycles. The molecule has 6 nitrogen and oxygen atoms in total. The molecular weight excluding hydrogens is 276 g/mol. The van der Waals surface area contributed by atoms with E-state index in [1.165, 1.54) is 0 Å². The Balaban J connectivity index is 2.13. The van der Waals surface area contributed by atoms with E-state index in [1.807, 2.05) is 6.92 Å². The summed E-state index contributed by atoms with van der Waals surface area (Å²) in [6.45, 7) is 6.48. The topological polar surface area (TPSA) is 78.1 Å². The van der Waals surface area contributed by atoms with E-state index in [1.54, 1.807) is 10.5 Å². The van der Waals surface area contributed by atoms with Crippen molar-refractivity contribution >= 4 is 10.0 Å². The lowest BCUT2D eigenvalue weighted by atomic mass is 10.3. The first-order valence-electron chi connectivity index (χ1n) is 7.32. The Labute approximate surface area is 121 Å². The van der Waals surface area contributed by atoms with Crippen LogP contribution in [0.15, 0.2) is 11.2 Å². The first kappa shape index (κ1) is 15.5. The van der Waals surface area contributed by atoms with E-state index in [-0.39, 0.29) is 5.03 Å². The smallest absolute Gasteiger partial charge is 0.260 e. The molecular formula is C13H24N4O2S. The van der Waals surface area contributed by atoms with Gasteiger partial charge in [-0.2, -0.15) is 9.40 Å². The second-order valence-electron chi connectivity index (χ2n) is 5.30. The van der Waals surface area contributed by atoms with Gasteiger partial charge in [-0.25, -0.2) is 8.42 Å². The van der Waals surface area contributed by atoms with Crippen molar-refractivity contribution in [3.63, 3.8) is 0 Å². The maximum Gasteiger partial charge on any atom is 0.260 e. The molecule has 7 heteroatoms. The van der Waals surface area contributed by atoms with E-state index < -0.39 is 10.0 Å². The normalized spacial score (nSPS) is 15.9. The van der Waals surface area contributed by atoms with E-state index in [9.17, 15) is 8.42 Å². The molecule has 0 aromatic carbocycles. The average Bonchev–Trinajstić information content (AvgIpc) is 3.12. The van der Waals surface area contributed by atoms with Crippen molar-refractivity contribution in [3.05, 3.63) is 11.8 Å². The predicted molar refractivity (Wildman–Crippen MR) is 77.7 cm³/mol. The van der Waals surface area contributed by atoms with Crippen LogP contribution in [0.5, 0.6) is 0 Å². The maximum absolute atomic E-state index is 12.7. The SMILES string of the molecule is CCCNCc1cn[nH]c1S(=O)(=O)N(CC)CC1CC1. The fourth-order valence-electron chi connectivity index (χ4n) is 2.16. The van der Waals surface area contributed by atoms with Crippen LogP contribution in [-0.2, 0) is 16.6 Å². The third-order valence-electron chi connectivity index (χ3n) is 3.53. The molecule has 0 saturated heterocycles. The van der Waals surface area contributed by atoms with Crippen LogP contribution in [0.1, 0.15) is 38.7 Å². The number of aromatic amines is 1. The van der Waals surface area contributed by atoms with Gasteiger partial charge >= 0.3 is 0 Å². The molecule has 1 aliphatic carbocycles. The molecule has 114 valence electrons. The number of nitrogens with one attached hydrogen (secondary N) is 2. The molecule has 2 N–H and O–H groups in total. The van der Waals surface area contributed by atoms with Gasteiger partial charge in [0.25, 0.3) is 10.0 Å². The highest BCUT2D eigenvalue weighted by Crippen LogP contribution is 2.31. The maximum atomic E-state index is 12.7. The van der Waals surface area contributed by atoms with Crippen LogP contribution in [0, 0.1) is 5.92 Å². The van der Waals surface area contributed by atoms with Gasteiger partial charge < -0.3 is 5.32 Å². The zero-order valence-electron chi connectivity index (χ0n) is 12.2. The highest BCUT2D eigenvalue weighted by molar-refractivity contribution is 7.89. The summed E-state index contributed by atoms with van der Waals surface area (Å²) in [7, 11) is -3.46. The molecule has 1 aliphatic rings. The highest BCUT2D eigenvalue weighted by atomic mass is 32.2. The third kappa shape index (κ3) is 3.59. The molecule has 1 saturated carbocycles. The lowest BCUT2D eigenvalue weighted by molar-refractivity contribution is 0.409. The largest absolute Gasteiger partial charge is 0.313 e. The average molecular weight is 300 g/mol. The van der Waals surface area contributed by atoms with Gasteiger partial charge in [0.05, 0.1) is 6.20 Å². The standard InChI is InChI=1S/C13H24N4O2S/c1-3-7-14-8-12-9-15-16-13(12)20(18,19)17(4-2)10-11-5-6-11/h9,11,14H,3-8,10H2,1-2H3,(H,15,16). The van der Waals surface area contributed by atoms with Crippen LogP contribution < -0.4 is 5.32 Å². The van der Waals surface area contributed by atoms with Gasteiger partial charge in [0, 0.05) is 25.2 Å². The van der Waals surface area contributed by atoms with Crippen molar-refractivity contribution in [1.82, 2.24) is 19.8 Å². The Bertz CT molecular complexity index is 522. The van der Waals surface area contributed by atoms with Crippen LogP contribution in [0.4, 0.5) is 0 Å². The molecule has 20 heavy (non-hydrogen) atoms. The van der Waals surface area contributed by atoms with E-state index >= 15 is 0 Å². The summed E-state index contributed by atoms with van der Waals surface area (Å²) in [6.07, 6.45) is 4.89. The van der Waals surface area contributed by atoms with Crippen LogP contribution in [0.25, 0.3) is 0 Å². The number of nitrogens with zero attached hydrogens (tertiary/aromatic N) is 2. The number of sulfonamides is 1. The number of rotatable bonds is 9. The lowest BCUT2D eigenvalue weighted by Crippen LogP contribution is -2.34. The fourth-order valence-corrected chi connectivity index (χ4v) is 3.79. The summed E-state index contributed by atoms with van der Waals surface area (Å²) >= 11 is 0. The van der Waals surface area contributed by atoms with Crippen molar-refractivity contribution in [1.29, 1.82) is 0 Å². The molecule has 1 fully saturated rings. The summed E-state index contributed by atoms with van der Waals surface area (Å²) < 4.78 is 26.9. The second-order valence-corrected chi connectivity index (χ2v) is 7.17. The van der Waals surface area contributed by atoms with E-state index in [0.29, 0.717) is 31.1 Å². The van der Waals surface area contributed by atoms with Gasteiger partial charge in [-0.1, -0.05) is 13.8 Å². The Morgan fingerprint density at radius 1 is 1.45 bits per heavy atom. The molecule has 0 unspecified atom stereocenters. The summed E-state index contributed by atoms with van der Waals surface area (Å²) in [5.41, 5.74) is 0.715. The van der Waals surface area contributed by atoms with Gasteiger partial charge in [0.1, 0.15) is 0 Å². The van der Waals surface area contributed by atoms with Gasteiger partial charge in [-0.15, -0.1) is 0 Å². The molecule has 0 amide bonds. The van der Waals surface area contributed by atoms with Gasteiger partial charge in [0.15, 0.2) is 5.03 Å². The molecule has 0 bridgehead atoms. The quantitative estimate of drug-likeness (QED) is 0.674. The zero-order valence-corrected chi connectivity index (χ0v) is 13.0. The van der Waals surface area contributed by atoms with Crippen molar-refractivity contribution in [2.75, 3.05) is 19.6 Å². The molecule has 0 spiro atoms. The van der Waals surface area contributed by atoms with Crippen LogP contribution >= 0.6 is 0 Å². The number of aromatic nitrogens is 2. The van der Waals surface area contributed by atoms with Crippen LogP contribution in [0.2, 0.25) is 0 Å². The van der Waals surface area contributed by atoms with E-state index in [4.69, 9.17) is 0 Å². The summed E-state index contributed by atoms with van der Waals surface area (Å²) in [5.74, 6) is 0.536. The lowest BCUT2D eigenvalue weighted by Gasteiger charge is -2.20. The van der Waals surface area contributed by atoms with Gasteiger partial charge in [0.2, 0.25) is 0 Å². The van der Waals surface area contributed by atoms with Crippen LogP contribution in [-0.4, -0.2) is 42.6 Å². The number of hydrogen-bond acceptors (Lipinski definition) is 4. The summed E-state index contributed by atoms with van der Waals surface area (Å²) in [6, 6.07) is 0. The predicted octanol–water partition coefficient (Wildman–Crippen LogP) is 1.33. The van der Waals surface area contributed by atoms with Gasteiger partial charge in [-0.05, 0) is 31.7 Å². The minimum atomic E-state index is -3.46. The second kappa shape index (κ2) is 6.69. The monoisotopic (exact) mass is 300 g/mol. The first-order chi connectivity index (χ1) is 9.59. The Hall–Kier alpha value is -0.920. The summed E-state index contributed by atoms with van der Waals surface area (Å²) in [4.78, 5) is 0. The van der Waals surface area contributed by atoms with Crippen LogP contribution in [0.3, 0.4) is 0 Å². The van der Waals surface area contributed by atoms with Gasteiger partial charge in [-0.3, -0.25) is 5.10 Å². The van der Waals surface area contributed by atoms with Crippen molar-refractivity contribution in [3.8, 4) is 0 Å². The molecule has 0 aliphatic heterocycles. The fraction of sp³-hybridized carbons (Fsp3) is 0.769. The Morgan fingerprint density at radius 2 is 2.20 bits per heavy atom. The molecule has 0 atom stereocenters.